The number of aromatic nitrogens is 1. The first kappa shape index (κ1) is 15.9. The predicted octanol–water partition coefficient (Wildman–Crippen LogP) is 4.32. The van der Waals surface area contributed by atoms with Crippen LogP contribution in [0.1, 0.15) is 50.2 Å². The summed E-state index contributed by atoms with van der Waals surface area (Å²) in [5.41, 5.74) is 12.4. The molecule has 0 bridgehead atoms. The second-order valence-corrected chi connectivity index (χ2v) is 6.56. The molecular formula is C20H25N3. The number of nitrogens with zero attached hydrogens (tertiary/aromatic N) is 2. The minimum atomic E-state index is 0.350. The van der Waals surface area contributed by atoms with Gasteiger partial charge in [0.25, 0.3) is 0 Å². The van der Waals surface area contributed by atoms with Crippen LogP contribution in [0.15, 0.2) is 41.0 Å². The maximum atomic E-state index is 6.02. The van der Waals surface area contributed by atoms with E-state index in [0.717, 1.165) is 24.8 Å². The van der Waals surface area contributed by atoms with Crippen molar-refractivity contribution in [1.29, 1.82) is 0 Å². The minimum absolute atomic E-state index is 0.350. The molecule has 2 N–H and O–H groups in total. The fourth-order valence-corrected chi connectivity index (χ4v) is 3.65. The van der Waals surface area contributed by atoms with E-state index >= 15 is 0 Å². The molecule has 1 saturated carbocycles. The number of benzene rings is 1. The van der Waals surface area contributed by atoms with Gasteiger partial charge in [-0.3, -0.25) is 9.98 Å². The van der Waals surface area contributed by atoms with Gasteiger partial charge in [0.2, 0.25) is 0 Å². The molecule has 1 aliphatic rings. The summed E-state index contributed by atoms with van der Waals surface area (Å²) >= 11 is 0. The van der Waals surface area contributed by atoms with Crippen molar-refractivity contribution in [2.24, 2.45) is 10.7 Å². The molecule has 0 radical (unpaired) electrons. The van der Waals surface area contributed by atoms with Crippen molar-refractivity contribution in [3.8, 4) is 0 Å². The van der Waals surface area contributed by atoms with E-state index in [0.29, 0.717) is 18.5 Å². The molecule has 3 rings (SSSR count). The average Bonchev–Trinajstić information content (AvgIpc) is 2.52. The molecule has 1 aromatic heterocycles. The minimum Gasteiger partial charge on any atom is -0.328 e. The van der Waals surface area contributed by atoms with Crippen LogP contribution in [0.5, 0.6) is 0 Å². The number of fused-ring (bicyclic) bond motifs is 1. The Morgan fingerprint density at radius 3 is 2.83 bits per heavy atom. The van der Waals surface area contributed by atoms with Crippen molar-refractivity contribution in [3.63, 3.8) is 0 Å². The van der Waals surface area contributed by atoms with Crippen LogP contribution >= 0.6 is 0 Å². The predicted molar refractivity (Wildman–Crippen MR) is 99.0 cm³/mol. The Kier molecular flexibility index (Phi) is 4.58. The highest BCUT2D eigenvalue weighted by atomic mass is 14.7. The van der Waals surface area contributed by atoms with E-state index in [1.54, 1.807) is 0 Å². The maximum Gasteiger partial charge on any atom is 0.0710 e. The molecule has 0 amide bonds. The van der Waals surface area contributed by atoms with Gasteiger partial charge < -0.3 is 5.73 Å². The van der Waals surface area contributed by atoms with Crippen LogP contribution in [0, 0.1) is 0 Å². The quantitative estimate of drug-likeness (QED) is 0.836. The lowest BCUT2D eigenvalue weighted by Crippen LogP contribution is -2.34. The number of allylic oxidation sites excluding steroid dienone is 1. The zero-order chi connectivity index (χ0) is 16.4. The van der Waals surface area contributed by atoms with E-state index in [1.165, 1.54) is 27.7 Å². The van der Waals surface area contributed by atoms with Gasteiger partial charge in [-0.05, 0) is 73.2 Å². The Morgan fingerprint density at radius 2 is 2.17 bits per heavy atom. The Balaban J connectivity index is 2.15. The number of nitrogens with two attached hydrogens (primary N) is 1. The van der Waals surface area contributed by atoms with Gasteiger partial charge in [-0.15, -0.1) is 0 Å². The molecule has 0 unspecified atom stereocenters. The van der Waals surface area contributed by atoms with Crippen molar-refractivity contribution in [2.45, 2.75) is 45.1 Å². The van der Waals surface area contributed by atoms with Crippen LogP contribution in [0.3, 0.4) is 0 Å². The van der Waals surface area contributed by atoms with Crippen LogP contribution in [-0.2, 0) is 0 Å². The molecule has 23 heavy (non-hydrogen) atoms. The summed E-state index contributed by atoms with van der Waals surface area (Å²) < 4.78 is 0. The highest BCUT2D eigenvalue weighted by Gasteiger charge is 2.29. The van der Waals surface area contributed by atoms with Crippen molar-refractivity contribution >= 4 is 23.2 Å². The van der Waals surface area contributed by atoms with Gasteiger partial charge in [-0.25, -0.2) is 0 Å². The first-order chi connectivity index (χ1) is 11.1. The van der Waals surface area contributed by atoms with Gasteiger partial charge in [-0.1, -0.05) is 19.1 Å². The van der Waals surface area contributed by atoms with Crippen LogP contribution in [-0.4, -0.2) is 24.3 Å². The van der Waals surface area contributed by atoms with Crippen LogP contribution < -0.4 is 5.73 Å². The van der Waals surface area contributed by atoms with E-state index < -0.39 is 0 Å². The first-order valence-electron chi connectivity index (χ1n) is 8.39. The van der Waals surface area contributed by atoms with Crippen molar-refractivity contribution in [2.75, 3.05) is 6.54 Å². The summed E-state index contributed by atoms with van der Waals surface area (Å²) in [6.45, 7) is 8.66. The molecule has 3 nitrogen and oxygen atoms in total. The van der Waals surface area contributed by atoms with Crippen LogP contribution in [0.4, 0.5) is 0 Å². The third-order valence-corrected chi connectivity index (χ3v) is 4.93. The summed E-state index contributed by atoms with van der Waals surface area (Å²) in [4.78, 5) is 8.64. The number of aliphatic imine (C=N–C) groups is 1. The third kappa shape index (κ3) is 3.06. The zero-order valence-electron chi connectivity index (χ0n) is 14.0. The van der Waals surface area contributed by atoms with Crippen molar-refractivity contribution in [3.05, 3.63) is 47.2 Å². The molecular weight excluding hydrogens is 282 g/mol. The van der Waals surface area contributed by atoms with Crippen molar-refractivity contribution < 1.29 is 0 Å². The summed E-state index contributed by atoms with van der Waals surface area (Å²) in [6, 6.07) is 9.12. The van der Waals surface area contributed by atoms with Gasteiger partial charge in [0.15, 0.2) is 0 Å². The molecule has 0 atom stereocenters. The summed E-state index contributed by atoms with van der Waals surface area (Å²) in [5, 5.41) is 1.27. The van der Waals surface area contributed by atoms with Crippen molar-refractivity contribution in [1.82, 2.24) is 4.98 Å². The second-order valence-electron chi connectivity index (χ2n) is 6.56. The molecule has 0 saturated heterocycles. The van der Waals surface area contributed by atoms with Gasteiger partial charge in [-0.2, -0.15) is 0 Å². The molecule has 2 aromatic rings. The fraction of sp³-hybridized carbons (Fsp3) is 0.400. The lowest BCUT2D eigenvalue weighted by molar-refractivity contribution is 0.353. The smallest absolute Gasteiger partial charge is 0.0710 e. The maximum absolute atomic E-state index is 6.02. The number of hydrogen-bond donors (Lipinski definition) is 1. The highest BCUT2D eigenvalue weighted by Crippen LogP contribution is 2.40. The molecule has 1 heterocycles. The van der Waals surface area contributed by atoms with Crippen LogP contribution in [0.25, 0.3) is 16.5 Å². The average molecular weight is 307 g/mol. The van der Waals surface area contributed by atoms with E-state index in [-0.39, 0.29) is 0 Å². The van der Waals surface area contributed by atoms with Gasteiger partial charge in [0, 0.05) is 17.6 Å². The number of hydrogen-bond acceptors (Lipinski definition) is 3. The Morgan fingerprint density at radius 1 is 1.39 bits per heavy atom. The monoisotopic (exact) mass is 307 g/mol. The first-order valence-corrected chi connectivity index (χ1v) is 8.39. The molecule has 0 aliphatic heterocycles. The van der Waals surface area contributed by atoms with E-state index in [4.69, 9.17) is 5.73 Å². The number of rotatable bonds is 5. The normalized spacial score (nSPS) is 21.7. The lowest BCUT2D eigenvalue weighted by atomic mass is 9.74. The topological polar surface area (TPSA) is 51.3 Å². The van der Waals surface area contributed by atoms with Gasteiger partial charge in [0.05, 0.1) is 12.1 Å². The lowest BCUT2D eigenvalue weighted by Gasteiger charge is -2.34. The van der Waals surface area contributed by atoms with E-state index in [1.807, 2.05) is 12.3 Å². The largest absolute Gasteiger partial charge is 0.328 e. The second kappa shape index (κ2) is 6.63. The molecule has 120 valence electrons. The van der Waals surface area contributed by atoms with E-state index in [2.05, 4.69) is 48.7 Å². The van der Waals surface area contributed by atoms with Gasteiger partial charge >= 0.3 is 0 Å². The number of pyridine rings is 1. The molecule has 3 heteroatoms. The SMILES string of the molecule is C=NC/C(C)=C(\CC)c1cc(C2CC(N)C2)c2cccnc2c1. The van der Waals surface area contributed by atoms with Crippen LogP contribution in [0.2, 0.25) is 0 Å². The van der Waals surface area contributed by atoms with E-state index in [9.17, 15) is 0 Å². The molecule has 1 fully saturated rings. The van der Waals surface area contributed by atoms with Gasteiger partial charge in [0.1, 0.15) is 0 Å². The zero-order valence-corrected chi connectivity index (χ0v) is 14.0. The summed E-state index contributed by atoms with van der Waals surface area (Å²) in [7, 11) is 0. The Labute approximate surface area is 138 Å². The summed E-state index contributed by atoms with van der Waals surface area (Å²) in [6.07, 6.45) is 5.01. The Bertz CT molecular complexity index is 755. The standard InChI is InChI=1S/C20H25N3/c1-4-17(13(2)12-22-3)15-10-19(14-8-16(21)9-14)18-6-5-7-23-20(18)11-15/h5-7,10-11,14,16H,3-4,8-9,12,21H2,1-2H3/b17-13+. The summed E-state index contributed by atoms with van der Waals surface area (Å²) in [5.74, 6) is 0.563. The molecule has 0 spiro atoms. The highest BCUT2D eigenvalue weighted by molar-refractivity contribution is 5.87. The fourth-order valence-electron chi connectivity index (χ4n) is 3.65. The molecule has 1 aliphatic carbocycles. The molecule has 1 aromatic carbocycles. The Hall–Kier alpha value is -2.00. The third-order valence-electron chi connectivity index (χ3n) is 4.93.